The third-order valence-corrected chi connectivity index (χ3v) is 2.31. The Balaban J connectivity index is 4.10. The van der Waals surface area contributed by atoms with Crippen molar-refractivity contribution in [1.29, 1.82) is 0 Å². The highest BCUT2D eigenvalue weighted by Gasteiger charge is 2.11. The molecule has 0 bridgehead atoms. The zero-order chi connectivity index (χ0) is 9.78. The van der Waals surface area contributed by atoms with E-state index >= 15 is 0 Å². The Kier molecular flexibility index (Phi) is 4.62. The molecule has 1 heteroatoms. The van der Waals surface area contributed by atoms with Gasteiger partial charge in [-0.05, 0) is 11.8 Å². The van der Waals surface area contributed by atoms with Gasteiger partial charge in [0.05, 0.1) is 5.38 Å². The molecule has 0 rings (SSSR count). The summed E-state index contributed by atoms with van der Waals surface area (Å²) in [5.74, 6) is 0. The SMILES string of the molecule is C=C(/C=C\C(Cl)CC)C(C)(C)C. The maximum Gasteiger partial charge on any atom is 0.0516 e. The smallest absolute Gasteiger partial charge is 0.0516 e. The van der Waals surface area contributed by atoms with Crippen LogP contribution in [0.25, 0.3) is 0 Å². The number of halogens is 1. The summed E-state index contributed by atoms with van der Waals surface area (Å²) in [4.78, 5) is 0. The summed E-state index contributed by atoms with van der Waals surface area (Å²) < 4.78 is 0. The lowest BCUT2D eigenvalue weighted by Gasteiger charge is -2.18. The van der Waals surface area contributed by atoms with E-state index in [1.54, 1.807) is 0 Å². The van der Waals surface area contributed by atoms with Gasteiger partial charge in [0.1, 0.15) is 0 Å². The van der Waals surface area contributed by atoms with Crippen molar-refractivity contribution in [2.24, 2.45) is 5.41 Å². The van der Waals surface area contributed by atoms with E-state index in [9.17, 15) is 0 Å². The quantitative estimate of drug-likeness (QED) is 0.459. The van der Waals surface area contributed by atoms with Crippen molar-refractivity contribution in [1.82, 2.24) is 0 Å². The van der Waals surface area contributed by atoms with Crippen molar-refractivity contribution in [3.8, 4) is 0 Å². The van der Waals surface area contributed by atoms with E-state index in [1.807, 2.05) is 12.2 Å². The first-order valence-electron chi connectivity index (χ1n) is 4.39. The third-order valence-electron chi connectivity index (χ3n) is 1.86. The van der Waals surface area contributed by atoms with Gasteiger partial charge in [0, 0.05) is 0 Å². The van der Waals surface area contributed by atoms with E-state index in [0.717, 1.165) is 12.0 Å². The van der Waals surface area contributed by atoms with Crippen LogP contribution in [-0.4, -0.2) is 5.38 Å². The van der Waals surface area contributed by atoms with Crippen LogP contribution in [0.15, 0.2) is 24.3 Å². The van der Waals surface area contributed by atoms with Gasteiger partial charge in [0.2, 0.25) is 0 Å². The highest BCUT2D eigenvalue weighted by atomic mass is 35.5. The molecule has 0 fully saturated rings. The van der Waals surface area contributed by atoms with E-state index in [0.29, 0.717) is 0 Å². The molecule has 12 heavy (non-hydrogen) atoms. The lowest BCUT2D eigenvalue weighted by Crippen LogP contribution is -2.06. The van der Waals surface area contributed by atoms with Crippen LogP contribution in [0.1, 0.15) is 34.1 Å². The maximum absolute atomic E-state index is 5.93. The minimum Gasteiger partial charge on any atom is -0.118 e. The third kappa shape index (κ3) is 4.61. The number of allylic oxidation sites excluding steroid dienone is 3. The summed E-state index contributed by atoms with van der Waals surface area (Å²) in [7, 11) is 0. The fourth-order valence-electron chi connectivity index (χ4n) is 0.607. The van der Waals surface area contributed by atoms with Crippen molar-refractivity contribution in [2.45, 2.75) is 39.5 Å². The largest absolute Gasteiger partial charge is 0.118 e. The molecule has 0 N–H and O–H groups in total. The van der Waals surface area contributed by atoms with Crippen LogP contribution in [0, 0.1) is 5.41 Å². The van der Waals surface area contributed by atoms with Crippen LogP contribution in [0.4, 0.5) is 0 Å². The fraction of sp³-hybridized carbons (Fsp3) is 0.636. The summed E-state index contributed by atoms with van der Waals surface area (Å²) in [5, 5.41) is 0.143. The lowest BCUT2D eigenvalue weighted by molar-refractivity contribution is 0.518. The number of hydrogen-bond donors (Lipinski definition) is 0. The van der Waals surface area contributed by atoms with Crippen LogP contribution < -0.4 is 0 Å². The molecule has 1 unspecified atom stereocenters. The van der Waals surface area contributed by atoms with E-state index in [4.69, 9.17) is 11.6 Å². The summed E-state index contributed by atoms with van der Waals surface area (Å²) in [6.07, 6.45) is 5.01. The van der Waals surface area contributed by atoms with Crippen LogP contribution in [0.2, 0.25) is 0 Å². The second-order valence-electron chi connectivity index (χ2n) is 4.06. The predicted molar refractivity (Wildman–Crippen MR) is 57.7 cm³/mol. The number of rotatable bonds is 3. The minimum atomic E-state index is 0.143. The summed E-state index contributed by atoms with van der Waals surface area (Å²) in [6, 6.07) is 0. The molecule has 0 amide bonds. The van der Waals surface area contributed by atoms with Crippen LogP contribution in [0.3, 0.4) is 0 Å². The summed E-state index contributed by atoms with van der Waals surface area (Å²) in [5.41, 5.74) is 1.28. The van der Waals surface area contributed by atoms with Crippen LogP contribution in [-0.2, 0) is 0 Å². The molecule has 0 aliphatic rings. The van der Waals surface area contributed by atoms with Crippen molar-refractivity contribution in [3.63, 3.8) is 0 Å². The maximum atomic E-state index is 5.93. The fourth-order valence-corrected chi connectivity index (χ4v) is 0.679. The predicted octanol–water partition coefficient (Wildman–Crippen LogP) is 4.16. The summed E-state index contributed by atoms with van der Waals surface area (Å²) >= 11 is 5.93. The molecule has 0 aromatic carbocycles. The van der Waals surface area contributed by atoms with Gasteiger partial charge in [-0.2, -0.15) is 0 Å². The second-order valence-corrected chi connectivity index (χ2v) is 4.62. The summed E-state index contributed by atoms with van der Waals surface area (Å²) in [6.45, 7) is 12.5. The average molecular weight is 187 g/mol. The molecule has 0 nitrogen and oxygen atoms in total. The molecule has 0 aromatic rings. The van der Waals surface area contributed by atoms with Gasteiger partial charge in [0.15, 0.2) is 0 Å². The Bertz CT molecular complexity index is 172. The van der Waals surface area contributed by atoms with Gasteiger partial charge in [0.25, 0.3) is 0 Å². The van der Waals surface area contributed by atoms with Gasteiger partial charge in [-0.25, -0.2) is 0 Å². The Hall–Kier alpha value is -0.230. The van der Waals surface area contributed by atoms with Gasteiger partial charge in [-0.1, -0.05) is 52.0 Å². The molecule has 0 saturated heterocycles. The first-order valence-corrected chi connectivity index (χ1v) is 4.83. The average Bonchev–Trinajstić information content (AvgIpc) is 1.97. The van der Waals surface area contributed by atoms with Gasteiger partial charge < -0.3 is 0 Å². The van der Waals surface area contributed by atoms with Crippen molar-refractivity contribution in [3.05, 3.63) is 24.3 Å². The van der Waals surface area contributed by atoms with Crippen LogP contribution in [0.5, 0.6) is 0 Å². The number of hydrogen-bond acceptors (Lipinski definition) is 0. The molecule has 0 aliphatic carbocycles. The highest BCUT2D eigenvalue weighted by Crippen LogP contribution is 2.24. The molecular formula is C11H19Cl. The van der Waals surface area contributed by atoms with Crippen molar-refractivity contribution in [2.75, 3.05) is 0 Å². The Morgan fingerprint density at radius 1 is 1.50 bits per heavy atom. The van der Waals surface area contributed by atoms with Crippen LogP contribution >= 0.6 is 11.6 Å². The Labute approximate surface area is 81.3 Å². The van der Waals surface area contributed by atoms with Crippen molar-refractivity contribution < 1.29 is 0 Å². The minimum absolute atomic E-state index is 0.143. The normalized spacial score (nSPS) is 15.1. The molecule has 0 heterocycles. The van der Waals surface area contributed by atoms with Crippen molar-refractivity contribution >= 4 is 11.6 Å². The van der Waals surface area contributed by atoms with Gasteiger partial charge in [-0.15, -0.1) is 11.6 Å². The van der Waals surface area contributed by atoms with Gasteiger partial charge >= 0.3 is 0 Å². The van der Waals surface area contributed by atoms with Gasteiger partial charge in [-0.3, -0.25) is 0 Å². The molecule has 0 saturated carbocycles. The van der Waals surface area contributed by atoms with E-state index in [1.165, 1.54) is 0 Å². The van der Waals surface area contributed by atoms with E-state index in [2.05, 4.69) is 34.3 Å². The first kappa shape index (κ1) is 11.8. The van der Waals surface area contributed by atoms with E-state index < -0.39 is 0 Å². The molecule has 0 spiro atoms. The Morgan fingerprint density at radius 2 is 2.00 bits per heavy atom. The topological polar surface area (TPSA) is 0 Å². The zero-order valence-electron chi connectivity index (χ0n) is 8.52. The second kappa shape index (κ2) is 4.71. The number of alkyl halides is 1. The Morgan fingerprint density at radius 3 is 2.33 bits per heavy atom. The molecule has 0 radical (unpaired) electrons. The first-order chi connectivity index (χ1) is 5.38. The van der Waals surface area contributed by atoms with E-state index in [-0.39, 0.29) is 10.8 Å². The molecule has 0 aliphatic heterocycles. The molecular weight excluding hydrogens is 168 g/mol. The highest BCUT2D eigenvalue weighted by molar-refractivity contribution is 6.21. The molecule has 0 aromatic heterocycles. The lowest BCUT2D eigenvalue weighted by atomic mass is 9.87. The monoisotopic (exact) mass is 186 g/mol. The standard InChI is InChI=1S/C11H19Cl/c1-6-10(12)8-7-9(2)11(3,4)5/h7-8,10H,2,6H2,1,3-5H3/b8-7-. The molecule has 1 atom stereocenters. The molecule has 70 valence electrons. The zero-order valence-corrected chi connectivity index (χ0v) is 9.28.